The number of aliphatic imine (C=N–C) groups is 2. The van der Waals surface area contributed by atoms with Crippen molar-refractivity contribution in [2.24, 2.45) is 9.98 Å². The second-order valence-corrected chi connectivity index (χ2v) is 13.2. The van der Waals surface area contributed by atoms with Crippen LogP contribution in [0.1, 0.15) is 11.1 Å². The summed E-state index contributed by atoms with van der Waals surface area (Å²) in [7, 11) is 0. The predicted molar refractivity (Wildman–Crippen MR) is 220 cm³/mol. The SMILES string of the molecule is C=NC(=NCc1cccc2c(-c3cnc4c(ccc5cccnc54)c3)cccc12)c1cccc2c(-c3cnc4c(ccc5cccnc54)c3)cccc12. The Morgan fingerprint density at radius 1 is 0.472 bits per heavy atom. The van der Waals surface area contributed by atoms with Gasteiger partial charge in [-0.15, -0.1) is 0 Å². The van der Waals surface area contributed by atoms with Crippen LogP contribution in [0, 0.1) is 0 Å². The van der Waals surface area contributed by atoms with E-state index in [2.05, 4.69) is 143 Å². The lowest BCUT2D eigenvalue weighted by atomic mass is 9.95. The van der Waals surface area contributed by atoms with Crippen LogP contribution in [0.4, 0.5) is 0 Å². The number of nitrogens with zero attached hydrogens (tertiary/aromatic N) is 6. The largest absolute Gasteiger partial charge is 0.261 e. The molecule has 0 aliphatic rings. The molecule has 10 rings (SSSR count). The minimum atomic E-state index is 0.454. The average molecular weight is 679 g/mol. The topological polar surface area (TPSA) is 76.3 Å². The average Bonchev–Trinajstić information content (AvgIpc) is 3.23. The van der Waals surface area contributed by atoms with Gasteiger partial charge in [0.15, 0.2) is 5.84 Å². The highest BCUT2D eigenvalue weighted by molar-refractivity contribution is 6.14. The van der Waals surface area contributed by atoms with E-state index in [1.807, 2.05) is 36.9 Å². The van der Waals surface area contributed by atoms with E-state index < -0.39 is 0 Å². The Labute approximate surface area is 304 Å². The molecule has 0 spiro atoms. The number of fused-ring (bicyclic) bond motifs is 8. The first-order valence-electron chi connectivity index (χ1n) is 17.6. The molecule has 0 radical (unpaired) electrons. The lowest BCUT2D eigenvalue weighted by molar-refractivity contribution is 1.08. The first-order valence-corrected chi connectivity index (χ1v) is 17.6. The van der Waals surface area contributed by atoms with Crippen LogP contribution in [-0.2, 0) is 6.54 Å². The van der Waals surface area contributed by atoms with Gasteiger partial charge in [-0.05, 0) is 69.2 Å². The monoisotopic (exact) mass is 678 g/mol. The number of hydrogen-bond acceptors (Lipinski definition) is 5. The molecule has 248 valence electrons. The highest BCUT2D eigenvalue weighted by atomic mass is 14.9. The molecular weight excluding hydrogens is 649 g/mol. The molecule has 4 aromatic heterocycles. The molecule has 0 saturated heterocycles. The van der Waals surface area contributed by atoms with Crippen molar-refractivity contribution in [3.8, 4) is 22.3 Å². The van der Waals surface area contributed by atoms with Gasteiger partial charge in [0.05, 0.1) is 28.6 Å². The molecule has 53 heavy (non-hydrogen) atoms. The highest BCUT2D eigenvalue weighted by Crippen LogP contribution is 2.35. The Bertz CT molecular complexity index is 3130. The van der Waals surface area contributed by atoms with Crippen molar-refractivity contribution >= 4 is 77.7 Å². The Balaban J connectivity index is 1.01. The van der Waals surface area contributed by atoms with E-state index in [0.717, 1.165) is 98.5 Å². The van der Waals surface area contributed by atoms with Crippen molar-refractivity contribution in [1.82, 2.24) is 19.9 Å². The third kappa shape index (κ3) is 5.19. The molecule has 6 nitrogen and oxygen atoms in total. The van der Waals surface area contributed by atoms with Gasteiger partial charge in [-0.3, -0.25) is 24.9 Å². The number of aromatic nitrogens is 4. The quantitative estimate of drug-likeness (QED) is 0.103. The van der Waals surface area contributed by atoms with E-state index in [9.17, 15) is 0 Å². The first-order chi connectivity index (χ1) is 26.2. The van der Waals surface area contributed by atoms with Crippen LogP contribution in [0.2, 0.25) is 0 Å². The molecule has 0 unspecified atom stereocenters. The lowest BCUT2D eigenvalue weighted by Gasteiger charge is -2.13. The maximum Gasteiger partial charge on any atom is 0.154 e. The molecule has 0 atom stereocenters. The van der Waals surface area contributed by atoms with Crippen LogP contribution >= 0.6 is 0 Å². The van der Waals surface area contributed by atoms with Crippen molar-refractivity contribution in [3.05, 3.63) is 169 Å². The fourth-order valence-electron chi connectivity index (χ4n) is 7.67. The number of hydrogen-bond donors (Lipinski definition) is 0. The Kier molecular flexibility index (Phi) is 7.25. The van der Waals surface area contributed by atoms with Crippen LogP contribution in [-0.4, -0.2) is 32.5 Å². The second kappa shape index (κ2) is 12.5. The zero-order chi connectivity index (χ0) is 35.3. The van der Waals surface area contributed by atoms with Crippen LogP contribution in [0.15, 0.2) is 168 Å². The van der Waals surface area contributed by atoms with Gasteiger partial charge >= 0.3 is 0 Å². The molecule has 0 aliphatic carbocycles. The van der Waals surface area contributed by atoms with Gasteiger partial charge in [0.1, 0.15) is 0 Å². The molecule has 6 heteroatoms. The van der Waals surface area contributed by atoms with Crippen LogP contribution in [0.5, 0.6) is 0 Å². The molecule has 6 aromatic carbocycles. The summed E-state index contributed by atoms with van der Waals surface area (Å²) in [6.45, 7) is 4.40. The van der Waals surface area contributed by atoms with Crippen molar-refractivity contribution in [2.45, 2.75) is 6.54 Å². The summed E-state index contributed by atoms with van der Waals surface area (Å²) < 4.78 is 0. The number of amidine groups is 1. The number of rotatable bonds is 5. The standard InChI is InChI=1S/C47H30N6/c1-48-47(42-17-5-15-40-38(13-4-16-41(40)42)35-25-32-21-19-30-10-7-23-50-44(30)46(32)52-28-35)53-26-33-8-2-14-39-36(33)11-3-12-37(39)34-24-31-20-18-29-9-6-22-49-43(29)45(31)51-27-34/h2-25,27-28H,1,26H2. The van der Waals surface area contributed by atoms with E-state index in [1.165, 1.54) is 0 Å². The smallest absolute Gasteiger partial charge is 0.154 e. The maximum atomic E-state index is 5.08. The summed E-state index contributed by atoms with van der Waals surface area (Å²) in [5.41, 5.74) is 10.0. The molecule has 0 amide bonds. The summed E-state index contributed by atoms with van der Waals surface area (Å²) in [6, 6.07) is 46.4. The summed E-state index contributed by atoms with van der Waals surface area (Å²) in [5.74, 6) is 0.606. The van der Waals surface area contributed by atoms with Gasteiger partial charge in [-0.1, -0.05) is 109 Å². The third-order valence-electron chi connectivity index (χ3n) is 10.2. The zero-order valence-corrected chi connectivity index (χ0v) is 28.6. The maximum absolute atomic E-state index is 5.08. The van der Waals surface area contributed by atoms with Gasteiger partial charge in [-0.25, -0.2) is 4.99 Å². The van der Waals surface area contributed by atoms with Gasteiger partial charge in [-0.2, -0.15) is 0 Å². The van der Waals surface area contributed by atoms with Gasteiger partial charge in [0.25, 0.3) is 0 Å². The molecule has 4 heterocycles. The fourth-order valence-corrected chi connectivity index (χ4v) is 7.67. The molecule has 10 aromatic rings. The van der Waals surface area contributed by atoms with E-state index in [0.29, 0.717) is 12.4 Å². The van der Waals surface area contributed by atoms with Gasteiger partial charge in [0, 0.05) is 63.0 Å². The molecule has 0 aliphatic heterocycles. The molecule has 0 bridgehead atoms. The van der Waals surface area contributed by atoms with Gasteiger partial charge < -0.3 is 0 Å². The van der Waals surface area contributed by atoms with E-state index in [1.54, 1.807) is 0 Å². The summed E-state index contributed by atoms with van der Waals surface area (Å²) in [4.78, 5) is 28.5. The minimum absolute atomic E-state index is 0.454. The third-order valence-corrected chi connectivity index (χ3v) is 10.2. The predicted octanol–water partition coefficient (Wildman–Crippen LogP) is 11.2. The summed E-state index contributed by atoms with van der Waals surface area (Å²) in [5, 5.41) is 8.73. The van der Waals surface area contributed by atoms with Crippen LogP contribution < -0.4 is 0 Å². The molecule has 0 N–H and O–H groups in total. The van der Waals surface area contributed by atoms with Crippen molar-refractivity contribution < 1.29 is 0 Å². The second-order valence-electron chi connectivity index (χ2n) is 13.2. The van der Waals surface area contributed by atoms with E-state index in [-0.39, 0.29) is 0 Å². The summed E-state index contributed by atoms with van der Waals surface area (Å²) >= 11 is 0. The van der Waals surface area contributed by atoms with Crippen molar-refractivity contribution in [1.29, 1.82) is 0 Å². The molecule has 0 fully saturated rings. The molecular formula is C47H30N6. The lowest BCUT2D eigenvalue weighted by Crippen LogP contribution is -2.00. The van der Waals surface area contributed by atoms with Crippen molar-refractivity contribution in [2.75, 3.05) is 0 Å². The Morgan fingerprint density at radius 2 is 0.981 bits per heavy atom. The van der Waals surface area contributed by atoms with E-state index >= 15 is 0 Å². The summed E-state index contributed by atoms with van der Waals surface area (Å²) in [6.07, 6.45) is 7.54. The number of benzene rings is 6. The first kappa shape index (κ1) is 30.6. The fraction of sp³-hybridized carbons (Fsp3) is 0.0213. The normalized spacial score (nSPS) is 12.0. The minimum Gasteiger partial charge on any atom is -0.261 e. The molecule has 0 saturated carbocycles. The highest BCUT2D eigenvalue weighted by Gasteiger charge is 2.14. The Hall–Kier alpha value is -7.18. The van der Waals surface area contributed by atoms with Crippen molar-refractivity contribution in [3.63, 3.8) is 0 Å². The van der Waals surface area contributed by atoms with Crippen LogP contribution in [0.3, 0.4) is 0 Å². The van der Waals surface area contributed by atoms with Gasteiger partial charge in [0.2, 0.25) is 0 Å². The number of pyridine rings is 4. The zero-order valence-electron chi connectivity index (χ0n) is 28.6. The van der Waals surface area contributed by atoms with Crippen LogP contribution in [0.25, 0.3) is 87.4 Å². The Morgan fingerprint density at radius 3 is 1.60 bits per heavy atom. The van der Waals surface area contributed by atoms with E-state index in [4.69, 9.17) is 15.0 Å².